The second-order valence-corrected chi connectivity index (χ2v) is 6.00. The number of nitrogens with zero attached hydrogens (tertiary/aromatic N) is 2. The highest BCUT2D eigenvalue weighted by Crippen LogP contribution is 2.57. The zero-order valence-corrected chi connectivity index (χ0v) is 13.0. The molecule has 21 heavy (non-hydrogen) atoms. The molecule has 0 amide bonds. The van der Waals surface area contributed by atoms with Crippen LogP contribution in [0.3, 0.4) is 0 Å². The van der Waals surface area contributed by atoms with Gasteiger partial charge in [0.1, 0.15) is 7.85 Å². The van der Waals surface area contributed by atoms with Crippen LogP contribution in [0.2, 0.25) is 5.31 Å². The normalized spacial score (nSPS) is 24.9. The summed E-state index contributed by atoms with van der Waals surface area (Å²) in [5.74, 6) is 5.51. The SMILES string of the molecule is BC1(C(C#N)(C#N)CC#CCOC(C)=O)CCCC[C@H]1C. The Kier molecular flexibility index (Phi) is 5.86. The zero-order chi connectivity index (χ0) is 15.9. The average molecular weight is 284 g/mol. The Morgan fingerprint density at radius 3 is 2.57 bits per heavy atom. The maximum Gasteiger partial charge on any atom is 0.303 e. The van der Waals surface area contributed by atoms with Crippen LogP contribution in [0.1, 0.15) is 46.0 Å². The lowest BCUT2D eigenvalue weighted by Gasteiger charge is -2.46. The minimum absolute atomic E-state index is 0.00847. The fourth-order valence-electron chi connectivity index (χ4n) is 3.09. The van der Waals surface area contributed by atoms with Crippen molar-refractivity contribution in [2.75, 3.05) is 6.61 Å². The van der Waals surface area contributed by atoms with Gasteiger partial charge in [-0.3, -0.25) is 4.79 Å². The van der Waals surface area contributed by atoms with E-state index < -0.39 is 5.41 Å². The van der Waals surface area contributed by atoms with Crippen molar-refractivity contribution in [2.45, 2.75) is 51.3 Å². The van der Waals surface area contributed by atoms with E-state index in [9.17, 15) is 15.3 Å². The molecule has 0 saturated heterocycles. The lowest BCUT2D eigenvalue weighted by atomic mass is 9.43. The van der Waals surface area contributed by atoms with Crippen LogP contribution >= 0.6 is 0 Å². The first-order valence-corrected chi connectivity index (χ1v) is 7.33. The molecule has 1 aliphatic rings. The van der Waals surface area contributed by atoms with Gasteiger partial charge in [-0.25, -0.2) is 0 Å². The first kappa shape index (κ1) is 17.1. The third-order valence-corrected chi connectivity index (χ3v) is 4.85. The molecule has 2 atom stereocenters. The van der Waals surface area contributed by atoms with Crippen LogP contribution in [0.25, 0.3) is 0 Å². The standard InChI is InChI=1S/C16H21BN2O2/c1-13-7-3-4-9-16(13,17)15(11-18,12-19)8-5-6-10-21-14(2)20/h13H,3-4,7-10,17H2,1-2H3/t13-,16?/m1/s1. The van der Waals surface area contributed by atoms with Gasteiger partial charge in [0.15, 0.2) is 12.0 Å². The second kappa shape index (κ2) is 7.19. The second-order valence-electron chi connectivity index (χ2n) is 6.00. The molecular weight excluding hydrogens is 263 g/mol. The molecule has 0 aromatic carbocycles. The van der Waals surface area contributed by atoms with Crippen molar-refractivity contribution in [3.05, 3.63) is 0 Å². The lowest BCUT2D eigenvalue weighted by Crippen LogP contribution is -2.41. The summed E-state index contributed by atoms with van der Waals surface area (Å²) in [7, 11) is 2.04. The predicted octanol–water partition coefficient (Wildman–Crippen LogP) is 1.98. The largest absolute Gasteiger partial charge is 0.453 e. The molecule has 4 nitrogen and oxygen atoms in total. The van der Waals surface area contributed by atoms with Gasteiger partial charge >= 0.3 is 5.97 Å². The highest BCUT2D eigenvalue weighted by atomic mass is 16.5. The number of rotatable bonds is 3. The third kappa shape index (κ3) is 3.59. The fraction of sp³-hybridized carbons (Fsp3) is 0.688. The van der Waals surface area contributed by atoms with Crippen molar-refractivity contribution in [3.63, 3.8) is 0 Å². The summed E-state index contributed by atoms with van der Waals surface area (Å²) in [5.41, 5.74) is -1.10. The maximum absolute atomic E-state index is 10.7. The summed E-state index contributed by atoms with van der Waals surface area (Å²) < 4.78 is 4.74. The number of hydrogen-bond acceptors (Lipinski definition) is 4. The Labute approximate surface area is 127 Å². The van der Waals surface area contributed by atoms with E-state index in [0.717, 1.165) is 25.7 Å². The van der Waals surface area contributed by atoms with Gasteiger partial charge in [0.25, 0.3) is 0 Å². The molecule has 0 aromatic heterocycles. The number of carbonyl (C=O) groups excluding carboxylic acids is 1. The quantitative estimate of drug-likeness (QED) is 0.451. The van der Waals surface area contributed by atoms with E-state index >= 15 is 0 Å². The minimum atomic E-state index is -1.10. The monoisotopic (exact) mass is 284 g/mol. The van der Waals surface area contributed by atoms with E-state index in [4.69, 9.17) is 4.74 Å². The topological polar surface area (TPSA) is 73.9 Å². The molecule has 1 saturated carbocycles. The Morgan fingerprint density at radius 1 is 1.38 bits per heavy atom. The molecule has 1 unspecified atom stereocenters. The minimum Gasteiger partial charge on any atom is -0.453 e. The number of hydrogen-bond donors (Lipinski definition) is 0. The summed E-state index contributed by atoms with van der Waals surface area (Å²) in [6.45, 7) is 3.45. The molecule has 1 aliphatic carbocycles. The van der Waals surface area contributed by atoms with E-state index in [1.54, 1.807) is 0 Å². The Bertz CT molecular complexity index is 521. The highest BCUT2D eigenvalue weighted by molar-refractivity contribution is 6.16. The van der Waals surface area contributed by atoms with E-state index in [2.05, 4.69) is 30.9 Å². The molecule has 0 N–H and O–H groups in total. The van der Waals surface area contributed by atoms with Crippen LogP contribution in [-0.2, 0) is 9.53 Å². The Balaban J connectivity index is 2.91. The smallest absolute Gasteiger partial charge is 0.303 e. The third-order valence-electron chi connectivity index (χ3n) is 4.85. The molecule has 1 rings (SSSR count). The van der Waals surface area contributed by atoms with Crippen molar-refractivity contribution in [1.82, 2.24) is 0 Å². The van der Waals surface area contributed by atoms with Crippen LogP contribution in [-0.4, -0.2) is 20.4 Å². The van der Waals surface area contributed by atoms with E-state index in [1.807, 2.05) is 7.85 Å². The number of carbonyl (C=O) groups is 1. The van der Waals surface area contributed by atoms with Gasteiger partial charge in [0, 0.05) is 13.3 Å². The number of nitriles is 2. The van der Waals surface area contributed by atoms with Crippen molar-refractivity contribution in [1.29, 1.82) is 10.5 Å². The van der Waals surface area contributed by atoms with Gasteiger partial charge in [-0.05, 0) is 11.2 Å². The molecule has 0 aromatic rings. The predicted molar refractivity (Wildman–Crippen MR) is 81.6 cm³/mol. The van der Waals surface area contributed by atoms with Crippen molar-refractivity contribution >= 4 is 13.8 Å². The summed E-state index contributed by atoms with van der Waals surface area (Å²) in [5, 5.41) is 18.9. The lowest BCUT2D eigenvalue weighted by molar-refractivity contribution is -0.139. The van der Waals surface area contributed by atoms with Crippen LogP contribution in [0, 0.1) is 45.8 Å². The number of ether oxygens (including phenoxy) is 1. The fourth-order valence-corrected chi connectivity index (χ4v) is 3.09. The summed E-state index contributed by atoms with van der Waals surface area (Å²) in [6, 6.07) is 4.47. The molecular formula is C16H21BN2O2. The van der Waals surface area contributed by atoms with Gasteiger partial charge in [0.05, 0.1) is 12.1 Å². The molecule has 1 fully saturated rings. The van der Waals surface area contributed by atoms with Gasteiger partial charge in [-0.2, -0.15) is 10.5 Å². The molecule has 0 radical (unpaired) electrons. The van der Waals surface area contributed by atoms with Gasteiger partial charge < -0.3 is 4.74 Å². The van der Waals surface area contributed by atoms with Crippen molar-refractivity contribution in [3.8, 4) is 24.0 Å². The summed E-state index contributed by atoms with van der Waals surface area (Å²) >= 11 is 0. The van der Waals surface area contributed by atoms with Crippen LogP contribution in [0.4, 0.5) is 0 Å². The zero-order valence-electron chi connectivity index (χ0n) is 13.0. The Hall–Kier alpha value is -1.93. The molecule has 0 bridgehead atoms. The Morgan fingerprint density at radius 2 is 2.05 bits per heavy atom. The van der Waals surface area contributed by atoms with Crippen molar-refractivity contribution in [2.24, 2.45) is 11.3 Å². The molecule has 5 heteroatoms. The average Bonchev–Trinajstić information content (AvgIpc) is 2.46. The highest BCUT2D eigenvalue weighted by Gasteiger charge is 2.52. The van der Waals surface area contributed by atoms with Gasteiger partial charge in [-0.15, -0.1) is 0 Å². The molecule has 0 heterocycles. The van der Waals surface area contributed by atoms with Crippen LogP contribution in [0.15, 0.2) is 0 Å². The van der Waals surface area contributed by atoms with E-state index in [0.29, 0.717) is 5.92 Å². The van der Waals surface area contributed by atoms with Crippen LogP contribution in [0.5, 0.6) is 0 Å². The summed E-state index contributed by atoms with van der Waals surface area (Å²) in [6.07, 6.45) is 4.32. The maximum atomic E-state index is 10.7. The van der Waals surface area contributed by atoms with E-state index in [1.165, 1.54) is 6.92 Å². The van der Waals surface area contributed by atoms with Gasteiger partial charge in [0.2, 0.25) is 0 Å². The van der Waals surface area contributed by atoms with Crippen molar-refractivity contribution < 1.29 is 9.53 Å². The van der Waals surface area contributed by atoms with Gasteiger partial charge in [-0.1, -0.05) is 44.4 Å². The molecule has 0 spiro atoms. The first-order valence-electron chi connectivity index (χ1n) is 7.33. The summed E-state index contributed by atoms with van der Waals surface area (Å²) in [4.78, 5) is 10.7. The molecule has 110 valence electrons. The van der Waals surface area contributed by atoms with Crippen LogP contribution < -0.4 is 0 Å². The van der Waals surface area contributed by atoms with E-state index in [-0.39, 0.29) is 24.3 Å². The first-order chi connectivity index (χ1) is 9.92. The number of esters is 1. The molecule has 0 aliphatic heterocycles.